The van der Waals surface area contributed by atoms with E-state index in [1.165, 1.54) is 148 Å². The summed E-state index contributed by atoms with van der Waals surface area (Å²) in [5.41, 5.74) is 0. The molecular formula is C45H87O10P. The van der Waals surface area contributed by atoms with Crippen LogP contribution in [0.3, 0.4) is 0 Å². The number of unbranched alkanes of at least 4 members (excludes halogenated alkanes) is 28. The Labute approximate surface area is 343 Å². The lowest BCUT2D eigenvalue weighted by Gasteiger charge is -2.20. The van der Waals surface area contributed by atoms with E-state index in [9.17, 15) is 24.2 Å². The lowest BCUT2D eigenvalue weighted by molar-refractivity contribution is -0.161. The molecule has 56 heavy (non-hydrogen) atoms. The summed E-state index contributed by atoms with van der Waals surface area (Å²) < 4.78 is 32.7. The molecule has 0 saturated heterocycles. The predicted octanol–water partition coefficient (Wildman–Crippen LogP) is 12.4. The first-order valence-electron chi connectivity index (χ1n) is 23.1. The molecule has 0 saturated carbocycles. The van der Waals surface area contributed by atoms with Crippen LogP contribution in [-0.2, 0) is 32.7 Å². The smallest absolute Gasteiger partial charge is 0.462 e. The van der Waals surface area contributed by atoms with E-state index < -0.39 is 51.8 Å². The average molecular weight is 819 g/mol. The molecular weight excluding hydrogens is 731 g/mol. The Morgan fingerprint density at radius 3 is 1.29 bits per heavy atom. The minimum atomic E-state index is -4.61. The molecule has 0 aliphatic rings. The third-order valence-corrected chi connectivity index (χ3v) is 11.1. The molecule has 3 N–H and O–H groups in total. The van der Waals surface area contributed by atoms with Crippen molar-refractivity contribution in [3.05, 3.63) is 12.2 Å². The van der Waals surface area contributed by atoms with Crippen LogP contribution in [0.15, 0.2) is 12.2 Å². The van der Waals surface area contributed by atoms with Crippen molar-refractivity contribution >= 4 is 19.8 Å². The highest BCUT2D eigenvalue weighted by Gasteiger charge is 2.27. The first kappa shape index (κ1) is 54.7. The molecule has 10 nitrogen and oxygen atoms in total. The summed E-state index contributed by atoms with van der Waals surface area (Å²) in [5.74, 6) is -0.914. The number of carbonyl (C=O) groups is 2. The fraction of sp³-hybridized carbons (Fsp3) is 0.911. The van der Waals surface area contributed by atoms with Gasteiger partial charge in [-0.25, -0.2) is 4.57 Å². The second-order valence-electron chi connectivity index (χ2n) is 15.8. The molecule has 11 heteroatoms. The van der Waals surface area contributed by atoms with E-state index in [0.717, 1.165) is 38.5 Å². The summed E-state index contributed by atoms with van der Waals surface area (Å²) in [6.07, 6.45) is 40.4. The SMILES string of the molecule is CCCCCCCC/C=C/CCCCCCCCCCCCCC(=O)OC[C@@H](COP(=O)(O)OC[C@H](O)CO)OC(=O)CCCCCCCCCCCCCC. The largest absolute Gasteiger partial charge is 0.472 e. The first-order chi connectivity index (χ1) is 27.2. The standard InChI is InChI=1S/C45H87O10P/c1-3-5-7-9-11-13-15-17-18-19-20-21-22-23-24-25-27-28-30-32-34-36-44(48)52-40-43(41-54-56(50,51)53-39-42(47)38-46)55-45(49)37-35-33-31-29-26-16-14-12-10-8-6-4-2/h17-18,42-43,46-47H,3-16,19-41H2,1-2H3,(H,50,51)/b18-17+/t42-,43+/m1/s1. The van der Waals surface area contributed by atoms with E-state index in [1.54, 1.807) is 0 Å². The van der Waals surface area contributed by atoms with E-state index in [4.69, 9.17) is 23.6 Å². The number of hydrogen-bond donors (Lipinski definition) is 3. The topological polar surface area (TPSA) is 149 Å². The molecule has 3 atom stereocenters. The minimum Gasteiger partial charge on any atom is -0.462 e. The van der Waals surface area contributed by atoms with Gasteiger partial charge in [0.05, 0.1) is 19.8 Å². The van der Waals surface area contributed by atoms with Gasteiger partial charge in [-0.15, -0.1) is 0 Å². The number of carbonyl (C=O) groups excluding carboxylic acids is 2. The molecule has 0 aromatic rings. The number of phosphoric acid groups is 1. The van der Waals surface area contributed by atoms with Crippen LogP contribution in [0.5, 0.6) is 0 Å². The Morgan fingerprint density at radius 1 is 0.518 bits per heavy atom. The van der Waals surface area contributed by atoms with Crippen LogP contribution < -0.4 is 0 Å². The zero-order valence-corrected chi connectivity index (χ0v) is 37.0. The molecule has 0 rings (SSSR count). The maximum atomic E-state index is 12.6. The number of phosphoric ester groups is 1. The molecule has 0 bridgehead atoms. The lowest BCUT2D eigenvalue weighted by atomic mass is 10.0. The van der Waals surface area contributed by atoms with Crippen molar-refractivity contribution in [3.63, 3.8) is 0 Å². The summed E-state index contributed by atoms with van der Waals surface area (Å²) in [4.78, 5) is 35.0. The zero-order chi connectivity index (χ0) is 41.2. The van der Waals surface area contributed by atoms with Gasteiger partial charge in [-0.1, -0.05) is 187 Å². The van der Waals surface area contributed by atoms with Crippen molar-refractivity contribution < 1.29 is 47.8 Å². The van der Waals surface area contributed by atoms with Gasteiger partial charge in [0.25, 0.3) is 0 Å². The molecule has 0 fully saturated rings. The fourth-order valence-electron chi connectivity index (χ4n) is 6.58. The van der Waals surface area contributed by atoms with Gasteiger partial charge >= 0.3 is 19.8 Å². The van der Waals surface area contributed by atoms with Gasteiger partial charge in [0, 0.05) is 12.8 Å². The molecule has 332 valence electrons. The van der Waals surface area contributed by atoms with E-state index in [2.05, 4.69) is 26.0 Å². The maximum absolute atomic E-state index is 12.6. The molecule has 0 amide bonds. The third kappa shape index (κ3) is 40.9. The highest BCUT2D eigenvalue weighted by molar-refractivity contribution is 7.47. The minimum absolute atomic E-state index is 0.190. The van der Waals surface area contributed by atoms with Crippen LogP contribution in [0.25, 0.3) is 0 Å². The predicted molar refractivity (Wildman–Crippen MR) is 229 cm³/mol. The summed E-state index contributed by atoms with van der Waals surface area (Å²) in [5, 5.41) is 18.3. The van der Waals surface area contributed by atoms with Crippen molar-refractivity contribution in [2.24, 2.45) is 0 Å². The van der Waals surface area contributed by atoms with Crippen LogP contribution in [0.2, 0.25) is 0 Å². The summed E-state index contributed by atoms with van der Waals surface area (Å²) in [7, 11) is -4.61. The Hall–Kier alpha value is -1.29. The van der Waals surface area contributed by atoms with Gasteiger partial charge in [0.15, 0.2) is 6.10 Å². The molecule has 0 heterocycles. The van der Waals surface area contributed by atoms with Crippen LogP contribution in [0.1, 0.15) is 226 Å². The number of aliphatic hydroxyl groups is 2. The van der Waals surface area contributed by atoms with Gasteiger partial charge in [0.1, 0.15) is 12.7 Å². The summed E-state index contributed by atoms with van der Waals surface area (Å²) in [6, 6.07) is 0. The van der Waals surface area contributed by atoms with Crippen LogP contribution in [-0.4, -0.2) is 65.7 Å². The maximum Gasteiger partial charge on any atom is 0.472 e. The second-order valence-corrected chi connectivity index (χ2v) is 17.2. The van der Waals surface area contributed by atoms with Gasteiger partial charge < -0.3 is 24.6 Å². The number of hydrogen-bond acceptors (Lipinski definition) is 9. The van der Waals surface area contributed by atoms with E-state index in [0.29, 0.717) is 12.8 Å². The normalized spacial score (nSPS) is 13.9. The molecule has 0 aliphatic heterocycles. The number of esters is 2. The summed E-state index contributed by atoms with van der Waals surface area (Å²) in [6.45, 7) is 2.40. The van der Waals surface area contributed by atoms with Crippen molar-refractivity contribution in [1.29, 1.82) is 0 Å². The number of aliphatic hydroxyl groups excluding tert-OH is 2. The summed E-state index contributed by atoms with van der Waals surface area (Å²) >= 11 is 0. The molecule has 0 aromatic carbocycles. The van der Waals surface area contributed by atoms with Gasteiger partial charge in [-0.3, -0.25) is 18.6 Å². The van der Waals surface area contributed by atoms with Crippen molar-refractivity contribution in [2.45, 2.75) is 238 Å². The molecule has 1 unspecified atom stereocenters. The molecule has 0 spiro atoms. The Bertz CT molecular complexity index is 946. The average Bonchev–Trinajstić information content (AvgIpc) is 3.19. The van der Waals surface area contributed by atoms with Crippen LogP contribution in [0.4, 0.5) is 0 Å². The Kier molecular flexibility index (Phi) is 40.9. The van der Waals surface area contributed by atoms with Crippen LogP contribution >= 0.6 is 7.82 Å². The highest BCUT2D eigenvalue weighted by atomic mass is 31.2. The number of ether oxygens (including phenoxy) is 2. The third-order valence-electron chi connectivity index (χ3n) is 10.2. The zero-order valence-electron chi connectivity index (χ0n) is 36.1. The number of allylic oxidation sites excluding steroid dienone is 2. The van der Waals surface area contributed by atoms with Crippen molar-refractivity contribution in [1.82, 2.24) is 0 Å². The number of rotatable bonds is 44. The van der Waals surface area contributed by atoms with Crippen LogP contribution in [0, 0.1) is 0 Å². The van der Waals surface area contributed by atoms with Gasteiger partial charge in [0.2, 0.25) is 0 Å². The van der Waals surface area contributed by atoms with E-state index >= 15 is 0 Å². The van der Waals surface area contributed by atoms with Gasteiger partial charge in [-0.2, -0.15) is 0 Å². The quantitative estimate of drug-likeness (QED) is 0.0235. The first-order valence-corrected chi connectivity index (χ1v) is 24.6. The van der Waals surface area contributed by atoms with E-state index in [-0.39, 0.29) is 19.4 Å². The van der Waals surface area contributed by atoms with Crippen molar-refractivity contribution in [2.75, 3.05) is 26.4 Å². The molecule has 0 aromatic heterocycles. The fourth-order valence-corrected chi connectivity index (χ4v) is 7.37. The Morgan fingerprint density at radius 2 is 0.875 bits per heavy atom. The lowest BCUT2D eigenvalue weighted by Crippen LogP contribution is -2.29. The monoisotopic (exact) mass is 819 g/mol. The van der Waals surface area contributed by atoms with Gasteiger partial charge in [-0.05, 0) is 38.5 Å². The highest BCUT2D eigenvalue weighted by Crippen LogP contribution is 2.43. The molecule has 0 radical (unpaired) electrons. The Balaban J connectivity index is 4.15. The molecule has 0 aliphatic carbocycles. The van der Waals surface area contributed by atoms with Crippen molar-refractivity contribution in [3.8, 4) is 0 Å². The van der Waals surface area contributed by atoms with E-state index in [1.807, 2.05) is 0 Å². The second kappa shape index (κ2) is 41.9.